The molecule has 0 heterocycles. The van der Waals surface area contributed by atoms with Gasteiger partial charge in [0.05, 0.1) is 5.41 Å². The third kappa shape index (κ3) is 1.90. The third-order valence-corrected chi connectivity index (χ3v) is 2.36. The van der Waals surface area contributed by atoms with Crippen LogP contribution in [0.4, 0.5) is 0 Å². The van der Waals surface area contributed by atoms with Crippen LogP contribution in [-0.2, 0) is 9.59 Å². The Kier molecular flexibility index (Phi) is 2.55. The number of Topliss-reactive ketones (excluding diaryl/α,β-unsaturated/α-hetero) is 1. The maximum Gasteiger partial charge on any atom is 0.210 e. The highest BCUT2D eigenvalue weighted by Gasteiger charge is 2.30. The van der Waals surface area contributed by atoms with Gasteiger partial charge in [0.1, 0.15) is 5.78 Å². The summed E-state index contributed by atoms with van der Waals surface area (Å²) in [5.41, 5.74) is -0.861. The second kappa shape index (κ2) is 2.60. The van der Waals surface area contributed by atoms with Gasteiger partial charge in [-0.1, -0.05) is 0 Å². The Balaban J connectivity index is 4.38. The molecule has 0 saturated carbocycles. The standard InChI is InChI=1S/C6H9BrO2/c1-4(8)6(2,3)5(7)9/h1-3H3. The Morgan fingerprint density at radius 1 is 1.33 bits per heavy atom. The van der Waals surface area contributed by atoms with Crippen molar-refractivity contribution in [1.29, 1.82) is 0 Å². The molecule has 0 aliphatic heterocycles. The summed E-state index contributed by atoms with van der Waals surface area (Å²) in [4.78, 5) is 21.3. The molecule has 0 aromatic heterocycles. The van der Waals surface area contributed by atoms with Crippen molar-refractivity contribution in [3.05, 3.63) is 0 Å². The fraction of sp³-hybridized carbons (Fsp3) is 0.667. The smallest absolute Gasteiger partial charge is 0.210 e. The van der Waals surface area contributed by atoms with E-state index in [-0.39, 0.29) is 10.5 Å². The minimum atomic E-state index is -0.861. The Morgan fingerprint density at radius 2 is 1.67 bits per heavy atom. The van der Waals surface area contributed by atoms with Gasteiger partial charge in [-0.15, -0.1) is 0 Å². The lowest BCUT2D eigenvalue weighted by molar-refractivity contribution is -0.132. The average Bonchev–Trinajstić information content (AvgIpc) is 1.65. The van der Waals surface area contributed by atoms with Crippen molar-refractivity contribution >= 4 is 26.4 Å². The number of ketones is 1. The van der Waals surface area contributed by atoms with Gasteiger partial charge in [-0.25, -0.2) is 0 Å². The van der Waals surface area contributed by atoms with Crippen LogP contribution in [0.2, 0.25) is 0 Å². The molecule has 0 fully saturated rings. The molecule has 0 radical (unpaired) electrons. The predicted octanol–water partition coefficient (Wildman–Crippen LogP) is 1.52. The topological polar surface area (TPSA) is 34.1 Å². The van der Waals surface area contributed by atoms with E-state index in [9.17, 15) is 9.59 Å². The number of rotatable bonds is 2. The molecular formula is C6H9BrO2. The lowest BCUT2D eigenvalue weighted by Crippen LogP contribution is -2.27. The van der Waals surface area contributed by atoms with Gasteiger partial charge < -0.3 is 0 Å². The first-order chi connectivity index (χ1) is 3.89. The molecule has 0 atom stereocenters. The highest BCUT2D eigenvalue weighted by molar-refractivity contribution is 9.18. The van der Waals surface area contributed by atoms with Gasteiger partial charge in [0.25, 0.3) is 0 Å². The van der Waals surface area contributed by atoms with E-state index in [0.717, 1.165) is 0 Å². The summed E-state index contributed by atoms with van der Waals surface area (Å²) < 4.78 is -0.262. The molecule has 0 saturated heterocycles. The monoisotopic (exact) mass is 192 g/mol. The number of hydrogen-bond donors (Lipinski definition) is 0. The van der Waals surface area contributed by atoms with E-state index in [1.807, 2.05) is 0 Å². The fourth-order valence-corrected chi connectivity index (χ4v) is 0.418. The Bertz CT molecular complexity index is 133. The molecule has 2 nitrogen and oxygen atoms in total. The summed E-state index contributed by atoms with van der Waals surface area (Å²) in [6.45, 7) is 4.58. The maximum absolute atomic E-state index is 10.7. The Labute approximate surface area is 62.8 Å². The first kappa shape index (κ1) is 8.82. The number of halogens is 1. The highest BCUT2D eigenvalue weighted by atomic mass is 79.9. The molecule has 0 aliphatic carbocycles. The molecule has 0 unspecified atom stereocenters. The Morgan fingerprint density at radius 3 is 1.67 bits per heavy atom. The summed E-state index contributed by atoms with van der Waals surface area (Å²) in [6.07, 6.45) is 0. The zero-order valence-electron chi connectivity index (χ0n) is 5.69. The molecule has 9 heavy (non-hydrogen) atoms. The maximum atomic E-state index is 10.7. The largest absolute Gasteiger partial charge is 0.299 e. The average molecular weight is 193 g/mol. The highest BCUT2D eigenvalue weighted by Crippen LogP contribution is 2.20. The summed E-state index contributed by atoms with van der Waals surface area (Å²) >= 11 is 2.74. The summed E-state index contributed by atoms with van der Waals surface area (Å²) in [7, 11) is 0. The first-order valence-corrected chi connectivity index (χ1v) is 3.39. The minimum absolute atomic E-state index is 0.121. The van der Waals surface area contributed by atoms with E-state index in [1.54, 1.807) is 13.8 Å². The van der Waals surface area contributed by atoms with Crippen LogP contribution in [-0.4, -0.2) is 10.5 Å². The molecule has 0 bridgehead atoms. The zero-order chi connectivity index (χ0) is 7.65. The quantitative estimate of drug-likeness (QED) is 0.492. The third-order valence-electron chi connectivity index (χ3n) is 1.37. The summed E-state index contributed by atoms with van der Waals surface area (Å²) in [5.74, 6) is -0.121. The van der Waals surface area contributed by atoms with Gasteiger partial charge in [-0.3, -0.25) is 9.59 Å². The molecule has 0 aromatic carbocycles. The lowest BCUT2D eigenvalue weighted by atomic mass is 9.91. The summed E-state index contributed by atoms with van der Waals surface area (Å²) in [5, 5.41) is 0. The van der Waals surface area contributed by atoms with Crippen molar-refractivity contribution in [3.8, 4) is 0 Å². The van der Waals surface area contributed by atoms with E-state index >= 15 is 0 Å². The van der Waals surface area contributed by atoms with Gasteiger partial charge >= 0.3 is 0 Å². The van der Waals surface area contributed by atoms with E-state index in [4.69, 9.17) is 0 Å². The van der Waals surface area contributed by atoms with Crippen molar-refractivity contribution < 1.29 is 9.59 Å². The van der Waals surface area contributed by atoms with E-state index in [0.29, 0.717) is 0 Å². The molecule has 0 aromatic rings. The van der Waals surface area contributed by atoms with Gasteiger partial charge in [0, 0.05) is 0 Å². The van der Waals surface area contributed by atoms with Crippen LogP contribution in [0.1, 0.15) is 20.8 Å². The van der Waals surface area contributed by atoms with Crippen molar-refractivity contribution in [1.82, 2.24) is 0 Å². The number of hydrogen-bond acceptors (Lipinski definition) is 2. The van der Waals surface area contributed by atoms with E-state index < -0.39 is 5.41 Å². The molecule has 0 spiro atoms. The van der Waals surface area contributed by atoms with Gasteiger partial charge in [-0.2, -0.15) is 0 Å². The van der Waals surface area contributed by atoms with Crippen molar-refractivity contribution in [2.24, 2.45) is 5.41 Å². The molecule has 0 rings (SSSR count). The van der Waals surface area contributed by atoms with Crippen LogP contribution < -0.4 is 0 Å². The van der Waals surface area contributed by atoms with Crippen LogP contribution in [0.5, 0.6) is 0 Å². The SMILES string of the molecule is CC(=O)C(C)(C)C(=O)Br. The van der Waals surface area contributed by atoms with Gasteiger partial charge in [0.15, 0.2) is 0 Å². The Hall–Kier alpha value is -0.180. The second-order valence-electron chi connectivity index (χ2n) is 2.45. The fourth-order valence-electron chi connectivity index (χ4n) is 0.138. The van der Waals surface area contributed by atoms with Crippen molar-refractivity contribution in [3.63, 3.8) is 0 Å². The minimum Gasteiger partial charge on any atom is -0.299 e. The van der Waals surface area contributed by atoms with Crippen LogP contribution in [0, 0.1) is 5.41 Å². The normalized spacial score (nSPS) is 11.1. The van der Waals surface area contributed by atoms with E-state index in [2.05, 4.69) is 15.9 Å². The lowest BCUT2D eigenvalue weighted by Gasteiger charge is -2.14. The molecule has 0 amide bonds. The molecule has 52 valence electrons. The number of carbonyl (C=O) groups is 2. The second-order valence-corrected chi connectivity index (χ2v) is 3.18. The van der Waals surface area contributed by atoms with Crippen LogP contribution >= 0.6 is 15.9 Å². The van der Waals surface area contributed by atoms with Gasteiger partial charge in [-0.05, 0) is 36.7 Å². The van der Waals surface area contributed by atoms with Crippen LogP contribution in [0.3, 0.4) is 0 Å². The molecule has 0 N–H and O–H groups in total. The molecule has 0 aliphatic rings. The first-order valence-electron chi connectivity index (χ1n) is 2.60. The van der Waals surface area contributed by atoms with E-state index in [1.165, 1.54) is 6.92 Å². The molecule has 3 heteroatoms. The molecular weight excluding hydrogens is 184 g/mol. The van der Waals surface area contributed by atoms with Crippen molar-refractivity contribution in [2.75, 3.05) is 0 Å². The zero-order valence-corrected chi connectivity index (χ0v) is 7.28. The van der Waals surface area contributed by atoms with Crippen molar-refractivity contribution in [2.45, 2.75) is 20.8 Å². The predicted molar refractivity (Wildman–Crippen MR) is 38.4 cm³/mol. The van der Waals surface area contributed by atoms with Crippen LogP contribution in [0.15, 0.2) is 0 Å². The summed E-state index contributed by atoms with van der Waals surface area (Å²) in [6, 6.07) is 0. The number of carbonyl (C=O) groups excluding carboxylic acids is 2. The van der Waals surface area contributed by atoms with Gasteiger partial charge in [0.2, 0.25) is 4.69 Å². The van der Waals surface area contributed by atoms with Crippen LogP contribution in [0.25, 0.3) is 0 Å².